The van der Waals surface area contributed by atoms with Crippen molar-refractivity contribution in [2.45, 2.75) is 36.6 Å². The minimum atomic E-state index is -3.45. The first-order valence-corrected chi connectivity index (χ1v) is 8.97. The summed E-state index contributed by atoms with van der Waals surface area (Å²) in [5.41, 5.74) is 5.60. The summed E-state index contributed by atoms with van der Waals surface area (Å²) >= 11 is 0. The van der Waals surface area contributed by atoms with Crippen LogP contribution in [0.2, 0.25) is 0 Å². The summed E-state index contributed by atoms with van der Waals surface area (Å²) in [6.07, 6.45) is 6.11. The van der Waals surface area contributed by atoms with Gasteiger partial charge in [0.15, 0.2) is 0 Å². The van der Waals surface area contributed by atoms with Gasteiger partial charge in [-0.05, 0) is 38.4 Å². The van der Waals surface area contributed by atoms with E-state index in [-0.39, 0.29) is 10.7 Å². The van der Waals surface area contributed by atoms with Gasteiger partial charge in [-0.25, -0.2) is 13.4 Å². The summed E-state index contributed by atoms with van der Waals surface area (Å²) in [5, 5.41) is 0. The highest BCUT2D eigenvalue weighted by atomic mass is 32.2. The number of rotatable bonds is 3. The largest absolute Gasteiger partial charge is 0.384 e. The van der Waals surface area contributed by atoms with E-state index < -0.39 is 10.0 Å². The van der Waals surface area contributed by atoms with Gasteiger partial charge in [-0.15, -0.1) is 0 Å². The molecule has 0 amide bonds. The third-order valence-corrected chi connectivity index (χ3v) is 6.28. The molecule has 0 spiro atoms. The molecule has 1 atom stereocenters. The lowest BCUT2D eigenvalue weighted by molar-refractivity contribution is 0.169. The van der Waals surface area contributed by atoms with Crippen LogP contribution < -0.4 is 5.73 Å². The van der Waals surface area contributed by atoms with E-state index >= 15 is 0 Å². The van der Waals surface area contributed by atoms with Crippen LogP contribution in [0.1, 0.15) is 25.7 Å². The quantitative estimate of drug-likeness (QED) is 0.898. The van der Waals surface area contributed by atoms with Crippen LogP contribution in [-0.4, -0.2) is 54.8 Å². The highest BCUT2D eigenvalue weighted by Crippen LogP contribution is 2.25. The fourth-order valence-corrected chi connectivity index (χ4v) is 4.76. The first-order chi connectivity index (χ1) is 10.1. The number of piperidine rings is 1. The highest BCUT2D eigenvalue weighted by Gasteiger charge is 2.35. The first-order valence-electron chi connectivity index (χ1n) is 7.53. The first kappa shape index (κ1) is 14.7. The molecule has 0 aromatic carbocycles. The number of nitrogens with zero attached hydrogens (tertiary/aromatic N) is 3. The third kappa shape index (κ3) is 3.04. The number of aromatic nitrogens is 1. The normalized spacial score (nSPS) is 25.2. The van der Waals surface area contributed by atoms with Crippen molar-refractivity contribution in [1.82, 2.24) is 14.2 Å². The topological polar surface area (TPSA) is 79.5 Å². The molecule has 0 saturated carbocycles. The molecule has 2 fully saturated rings. The van der Waals surface area contributed by atoms with Gasteiger partial charge in [0.25, 0.3) is 0 Å². The molecule has 0 radical (unpaired) electrons. The Morgan fingerprint density at radius 1 is 1.19 bits per heavy atom. The predicted molar refractivity (Wildman–Crippen MR) is 81.2 cm³/mol. The van der Waals surface area contributed by atoms with Crippen molar-refractivity contribution in [3.05, 3.63) is 18.3 Å². The maximum atomic E-state index is 12.6. The molecule has 2 aliphatic rings. The summed E-state index contributed by atoms with van der Waals surface area (Å²) < 4.78 is 26.9. The van der Waals surface area contributed by atoms with Crippen LogP contribution >= 0.6 is 0 Å². The molecule has 2 N–H and O–H groups in total. The second-order valence-electron chi connectivity index (χ2n) is 5.82. The Labute approximate surface area is 126 Å². The summed E-state index contributed by atoms with van der Waals surface area (Å²) in [6, 6.07) is 3.31. The average molecular weight is 310 g/mol. The maximum Gasteiger partial charge on any atom is 0.243 e. The van der Waals surface area contributed by atoms with Gasteiger partial charge < -0.3 is 5.73 Å². The van der Waals surface area contributed by atoms with Crippen molar-refractivity contribution in [3.8, 4) is 0 Å². The molecular weight excluding hydrogens is 288 g/mol. The molecule has 7 heteroatoms. The van der Waals surface area contributed by atoms with Gasteiger partial charge in [0, 0.05) is 31.4 Å². The van der Waals surface area contributed by atoms with E-state index in [0.717, 1.165) is 19.5 Å². The molecule has 1 aromatic heterocycles. The Kier molecular flexibility index (Phi) is 4.14. The highest BCUT2D eigenvalue weighted by molar-refractivity contribution is 7.89. The maximum absolute atomic E-state index is 12.6. The summed E-state index contributed by atoms with van der Waals surface area (Å²) in [7, 11) is -3.45. The molecule has 1 aromatic rings. The second-order valence-corrected chi connectivity index (χ2v) is 7.76. The zero-order valence-corrected chi connectivity index (χ0v) is 12.9. The number of sulfonamides is 1. The van der Waals surface area contributed by atoms with Crippen LogP contribution in [0, 0.1) is 0 Å². The second kappa shape index (κ2) is 5.90. The fraction of sp³-hybridized carbons (Fsp3) is 0.643. The van der Waals surface area contributed by atoms with Gasteiger partial charge in [0.2, 0.25) is 10.0 Å². The van der Waals surface area contributed by atoms with Crippen LogP contribution in [0.4, 0.5) is 5.82 Å². The lowest BCUT2D eigenvalue weighted by Gasteiger charge is -2.32. The summed E-state index contributed by atoms with van der Waals surface area (Å²) in [4.78, 5) is 6.54. The Morgan fingerprint density at radius 3 is 2.67 bits per heavy atom. The van der Waals surface area contributed by atoms with Crippen LogP contribution in [0.3, 0.4) is 0 Å². The molecule has 2 aliphatic heterocycles. The van der Waals surface area contributed by atoms with Crippen LogP contribution in [0.25, 0.3) is 0 Å². The molecule has 6 nitrogen and oxygen atoms in total. The van der Waals surface area contributed by atoms with E-state index in [1.165, 1.54) is 37.6 Å². The molecule has 3 heterocycles. The number of likely N-dealkylation sites (tertiary alicyclic amines) is 1. The molecule has 3 rings (SSSR count). The molecule has 2 saturated heterocycles. The van der Waals surface area contributed by atoms with E-state index in [9.17, 15) is 8.42 Å². The summed E-state index contributed by atoms with van der Waals surface area (Å²) in [6.45, 7) is 3.37. The van der Waals surface area contributed by atoms with Gasteiger partial charge in [0.05, 0.1) is 4.90 Å². The predicted octanol–water partition coefficient (Wildman–Crippen LogP) is 0.913. The van der Waals surface area contributed by atoms with E-state index in [1.54, 1.807) is 4.31 Å². The molecule has 21 heavy (non-hydrogen) atoms. The van der Waals surface area contributed by atoms with E-state index in [0.29, 0.717) is 19.1 Å². The minimum Gasteiger partial charge on any atom is -0.384 e. The number of hydrogen-bond donors (Lipinski definition) is 1. The van der Waals surface area contributed by atoms with Gasteiger partial charge in [-0.1, -0.05) is 6.42 Å². The monoisotopic (exact) mass is 310 g/mol. The van der Waals surface area contributed by atoms with Crippen molar-refractivity contribution in [3.63, 3.8) is 0 Å². The van der Waals surface area contributed by atoms with Crippen LogP contribution in [0.5, 0.6) is 0 Å². The zero-order valence-electron chi connectivity index (χ0n) is 12.1. The van der Waals surface area contributed by atoms with Gasteiger partial charge >= 0.3 is 0 Å². The molecule has 0 aliphatic carbocycles. The lowest BCUT2D eigenvalue weighted by atomic mass is 10.1. The van der Waals surface area contributed by atoms with Crippen LogP contribution in [-0.2, 0) is 10.0 Å². The van der Waals surface area contributed by atoms with Crippen molar-refractivity contribution in [1.29, 1.82) is 0 Å². The Morgan fingerprint density at radius 2 is 1.95 bits per heavy atom. The van der Waals surface area contributed by atoms with E-state index in [2.05, 4.69) is 9.88 Å². The number of hydrogen-bond acceptors (Lipinski definition) is 5. The van der Waals surface area contributed by atoms with Gasteiger partial charge in [-0.2, -0.15) is 4.31 Å². The Balaban J connectivity index is 1.72. The fourth-order valence-electron chi connectivity index (χ4n) is 3.25. The Hall–Kier alpha value is -1.18. The van der Waals surface area contributed by atoms with Crippen molar-refractivity contribution < 1.29 is 8.42 Å². The molecular formula is C14H22N4O2S. The number of nitrogens with two attached hydrogens (primary N) is 1. The van der Waals surface area contributed by atoms with Crippen molar-refractivity contribution in [2.75, 3.05) is 31.9 Å². The standard InChI is InChI=1S/C14H22N4O2S/c15-14-10-13(4-6-16-14)21(19,20)18-9-5-12(11-18)17-7-2-1-3-8-17/h4,6,10,12H,1-3,5,7-9,11H2,(H2,15,16). The minimum absolute atomic E-state index is 0.239. The zero-order chi connectivity index (χ0) is 14.9. The van der Waals surface area contributed by atoms with Gasteiger partial charge in [0.1, 0.15) is 5.82 Å². The smallest absolute Gasteiger partial charge is 0.243 e. The third-order valence-electron chi connectivity index (χ3n) is 4.42. The Bertz CT molecular complexity index is 599. The number of anilines is 1. The van der Waals surface area contributed by atoms with Crippen LogP contribution in [0.15, 0.2) is 23.2 Å². The summed E-state index contributed by atoms with van der Waals surface area (Å²) in [5.74, 6) is 0.239. The number of pyridine rings is 1. The van der Waals surface area contributed by atoms with Crippen molar-refractivity contribution in [2.24, 2.45) is 0 Å². The molecule has 0 bridgehead atoms. The van der Waals surface area contributed by atoms with Crippen molar-refractivity contribution >= 4 is 15.8 Å². The van der Waals surface area contributed by atoms with E-state index in [1.807, 2.05) is 0 Å². The molecule has 116 valence electrons. The molecule has 1 unspecified atom stereocenters. The van der Waals surface area contributed by atoms with Gasteiger partial charge in [-0.3, -0.25) is 4.90 Å². The number of nitrogen functional groups attached to an aromatic ring is 1. The lowest BCUT2D eigenvalue weighted by Crippen LogP contribution is -2.41. The average Bonchev–Trinajstić information content (AvgIpc) is 2.99. The van der Waals surface area contributed by atoms with E-state index in [4.69, 9.17) is 5.73 Å². The SMILES string of the molecule is Nc1cc(S(=O)(=O)N2CCC(N3CCCCC3)C2)ccn1.